The molecule has 0 heterocycles. The Balaban J connectivity index is 3.15. The Morgan fingerprint density at radius 1 is 1.07 bits per heavy atom. The van der Waals surface area contributed by atoms with Crippen LogP contribution in [0.4, 0.5) is 0 Å². The van der Waals surface area contributed by atoms with Crippen LogP contribution in [0.1, 0.15) is 26.3 Å². The van der Waals surface area contributed by atoms with Crippen molar-refractivity contribution in [3.63, 3.8) is 0 Å². The van der Waals surface area contributed by atoms with Crippen molar-refractivity contribution in [1.82, 2.24) is 0 Å². The monoisotopic (exact) mass is 244 g/mol. The van der Waals surface area contributed by atoms with Crippen LogP contribution >= 0.6 is 35.1 Å². The molecule has 1 rings (SSSR count). The van der Waals surface area contributed by atoms with Crippen molar-refractivity contribution in [2.45, 2.75) is 24.9 Å². The van der Waals surface area contributed by atoms with E-state index in [1.165, 1.54) is 16.4 Å². The van der Waals surface area contributed by atoms with Gasteiger partial charge in [0, 0.05) is 0 Å². The van der Waals surface area contributed by atoms with E-state index in [1.807, 2.05) is 18.2 Å². The van der Waals surface area contributed by atoms with Crippen molar-refractivity contribution in [1.29, 1.82) is 0 Å². The fourth-order valence-corrected chi connectivity index (χ4v) is 3.09. The van der Waals surface area contributed by atoms with Crippen LogP contribution in [0.3, 0.4) is 0 Å². The van der Waals surface area contributed by atoms with Crippen molar-refractivity contribution in [2.75, 3.05) is 0 Å². The van der Waals surface area contributed by atoms with Crippen LogP contribution in [0.15, 0.2) is 30.3 Å². The number of hydrogen-bond acceptors (Lipinski definition) is 3. The van der Waals surface area contributed by atoms with Gasteiger partial charge in [-0.3, -0.25) is 0 Å². The van der Waals surface area contributed by atoms with E-state index in [-0.39, 0.29) is 9.49 Å². The van der Waals surface area contributed by atoms with Crippen LogP contribution in [0.5, 0.6) is 0 Å². The minimum atomic E-state index is -0.253. The number of benzene rings is 1. The highest BCUT2D eigenvalue weighted by Gasteiger charge is 2.40. The first kappa shape index (κ1) is 12.3. The fraction of sp³-hybridized carbons (Fsp3) is 0.455. The Morgan fingerprint density at radius 3 is 1.93 bits per heavy atom. The number of hydrogen-bond donors (Lipinski definition) is 2. The molecule has 0 aliphatic carbocycles. The lowest BCUT2D eigenvalue weighted by molar-refractivity contribution is 0.376. The largest absolute Gasteiger partial charge is 0.155 e. The van der Waals surface area contributed by atoms with Gasteiger partial charge in [-0.15, -0.1) is 11.7 Å². The van der Waals surface area contributed by atoms with E-state index in [0.717, 1.165) is 0 Å². The fourth-order valence-electron chi connectivity index (χ4n) is 1.29. The van der Waals surface area contributed by atoms with E-state index in [4.69, 9.17) is 12.6 Å². The maximum absolute atomic E-state index is 4.78. The molecule has 0 aromatic heterocycles. The summed E-state index contributed by atoms with van der Waals surface area (Å²) in [5.74, 6) is 0. The molecule has 0 spiro atoms. The van der Waals surface area contributed by atoms with Gasteiger partial charge in [-0.1, -0.05) is 61.9 Å². The average molecular weight is 244 g/mol. The molecule has 0 saturated carbocycles. The zero-order valence-corrected chi connectivity index (χ0v) is 11.3. The predicted molar refractivity (Wildman–Crippen MR) is 73.1 cm³/mol. The predicted octanol–water partition coefficient (Wildman–Crippen LogP) is 4.39. The Bertz CT molecular complexity index is 289. The van der Waals surface area contributed by atoms with Gasteiger partial charge in [0.05, 0.1) is 4.08 Å². The van der Waals surface area contributed by atoms with Gasteiger partial charge in [-0.25, -0.2) is 0 Å². The molecule has 0 amide bonds. The maximum Gasteiger partial charge on any atom is 0.0980 e. The van der Waals surface area contributed by atoms with E-state index in [2.05, 4.69) is 44.6 Å². The average Bonchev–Trinajstić information content (AvgIpc) is 2.16. The minimum absolute atomic E-state index is 0.0594. The molecule has 0 aliphatic rings. The maximum atomic E-state index is 4.78. The molecule has 1 atom stereocenters. The van der Waals surface area contributed by atoms with Crippen LogP contribution in [0.2, 0.25) is 0 Å². The molecule has 1 unspecified atom stereocenters. The molecular formula is C11H16S3. The topological polar surface area (TPSA) is 0 Å². The Labute approximate surface area is 101 Å². The van der Waals surface area contributed by atoms with E-state index in [1.54, 1.807) is 0 Å². The Morgan fingerprint density at radius 2 is 1.57 bits per heavy atom. The quantitative estimate of drug-likeness (QED) is 0.442. The van der Waals surface area contributed by atoms with Crippen molar-refractivity contribution in [2.24, 2.45) is 5.41 Å². The van der Waals surface area contributed by atoms with Gasteiger partial charge in [0.2, 0.25) is 0 Å². The molecule has 0 saturated heterocycles. The first-order valence-electron chi connectivity index (χ1n) is 4.52. The SMILES string of the molecule is CC(C)(C)C(S)(SS)c1ccccc1. The highest BCUT2D eigenvalue weighted by atomic mass is 33.1. The van der Waals surface area contributed by atoms with Crippen LogP contribution in [-0.2, 0) is 4.08 Å². The first-order chi connectivity index (χ1) is 6.42. The third-order valence-corrected chi connectivity index (χ3v) is 5.88. The van der Waals surface area contributed by atoms with Crippen LogP contribution in [0, 0.1) is 5.41 Å². The van der Waals surface area contributed by atoms with Gasteiger partial charge in [0.15, 0.2) is 0 Å². The van der Waals surface area contributed by atoms with Crippen molar-refractivity contribution >= 4 is 35.1 Å². The summed E-state index contributed by atoms with van der Waals surface area (Å²) in [5, 5.41) is 0. The molecule has 0 radical (unpaired) electrons. The minimum Gasteiger partial charge on any atom is -0.155 e. The van der Waals surface area contributed by atoms with E-state index in [9.17, 15) is 0 Å². The lowest BCUT2D eigenvalue weighted by Gasteiger charge is -2.39. The lowest BCUT2D eigenvalue weighted by atomic mass is 9.86. The second kappa shape index (κ2) is 4.42. The molecule has 1 aromatic rings. The third kappa shape index (κ3) is 2.26. The summed E-state index contributed by atoms with van der Waals surface area (Å²) in [5.41, 5.74) is 1.26. The van der Waals surface area contributed by atoms with Crippen LogP contribution in [0.25, 0.3) is 0 Å². The summed E-state index contributed by atoms with van der Waals surface area (Å²) in [6.07, 6.45) is 0. The van der Waals surface area contributed by atoms with Crippen molar-refractivity contribution in [3.8, 4) is 0 Å². The van der Waals surface area contributed by atoms with Gasteiger partial charge in [0.1, 0.15) is 0 Å². The molecule has 78 valence electrons. The van der Waals surface area contributed by atoms with Gasteiger partial charge in [0.25, 0.3) is 0 Å². The lowest BCUT2D eigenvalue weighted by Crippen LogP contribution is -2.30. The van der Waals surface area contributed by atoms with Gasteiger partial charge < -0.3 is 0 Å². The molecule has 14 heavy (non-hydrogen) atoms. The zero-order chi connectivity index (χ0) is 10.8. The summed E-state index contributed by atoms with van der Waals surface area (Å²) < 4.78 is -0.253. The third-order valence-electron chi connectivity index (χ3n) is 2.31. The van der Waals surface area contributed by atoms with Crippen molar-refractivity contribution in [3.05, 3.63) is 35.9 Å². The first-order valence-corrected chi connectivity index (χ1v) is 6.84. The van der Waals surface area contributed by atoms with Gasteiger partial charge in [-0.05, 0) is 11.0 Å². The highest BCUT2D eigenvalue weighted by Crippen LogP contribution is 2.54. The van der Waals surface area contributed by atoms with E-state index >= 15 is 0 Å². The molecule has 1 aromatic carbocycles. The second-order valence-corrected chi connectivity index (χ2v) is 6.67. The number of thiol groups is 2. The van der Waals surface area contributed by atoms with Crippen molar-refractivity contribution < 1.29 is 0 Å². The second-order valence-electron chi connectivity index (χ2n) is 4.35. The summed E-state index contributed by atoms with van der Waals surface area (Å²) in [6, 6.07) is 10.3. The molecule has 3 heteroatoms. The van der Waals surface area contributed by atoms with E-state index in [0.29, 0.717) is 0 Å². The standard InChI is InChI=1S/C11H16S3/c1-10(2,3)11(12,14-13)9-7-5-4-6-8-9/h4-8,12-13H,1-3H3. The summed E-state index contributed by atoms with van der Waals surface area (Å²) in [7, 11) is 1.49. The van der Waals surface area contributed by atoms with Gasteiger partial charge >= 0.3 is 0 Å². The zero-order valence-electron chi connectivity index (χ0n) is 8.69. The number of rotatable bonds is 2. The summed E-state index contributed by atoms with van der Waals surface area (Å²) in [6.45, 7) is 6.53. The summed E-state index contributed by atoms with van der Waals surface area (Å²) >= 11 is 9.12. The Hall–Kier alpha value is 0.270. The molecular weight excluding hydrogens is 228 g/mol. The smallest absolute Gasteiger partial charge is 0.0980 e. The van der Waals surface area contributed by atoms with Crippen LogP contribution < -0.4 is 0 Å². The highest BCUT2D eigenvalue weighted by molar-refractivity contribution is 8.70. The van der Waals surface area contributed by atoms with Crippen LogP contribution in [-0.4, -0.2) is 0 Å². The molecule has 0 aliphatic heterocycles. The Kier molecular flexibility index (Phi) is 3.89. The molecule has 0 nitrogen and oxygen atoms in total. The molecule has 0 fully saturated rings. The normalized spacial score (nSPS) is 16.4. The summed E-state index contributed by atoms with van der Waals surface area (Å²) in [4.78, 5) is 0. The van der Waals surface area contributed by atoms with Gasteiger partial charge in [-0.2, -0.15) is 12.6 Å². The van der Waals surface area contributed by atoms with E-state index < -0.39 is 0 Å². The molecule has 0 N–H and O–H groups in total. The molecule has 0 bridgehead atoms.